The first-order valence-corrected chi connectivity index (χ1v) is 9.43. The highest BCUT2D eigenvalue weighted by atomic mass is 16.5. The number of rotatable bonds is 7. The van der Waals surface area contributed by atoms with Gasteiger partial charge >= 0.3 is 0 Å². The number of hydrogen-bond donors (Lipinski definition) is 1. The van der Waals surface area contributed by atoms with Gasteiger partial charge < -0.3 is 15.0 Å². The van der Waals surface area contributed by atoms with Crippen molar-refractivity contribution in [1.29, 1.82) is 0 Å². The SMILES string of the molecule is CCCOc1ccc(N2C[C@@H](C(=O)NCc3cccc(C)c3)CC2=O)cc1. The largest absolute Gasteiger partial charge is 0.494 e. The first-order valence-electron chi connectivity index (χ1n) is 9.43. The Hall–Kier alpha value is -2.82. The molecule has 2 amide bonds. The van der Waals surface area contributed by atoms with Crippen molar-refractivity contribution >= 4 is 17.5 Å². The summed E-state index contributed by atoms with van der Waals surface area (Å²) in [5.41, 5.74) is 3.03. The molecule has 0 bridgehead atoms. The van der Waals surface area contributed by atoms with E-state index in [4.69, 9.17) is 4.74 Å². The summed E-state index contributed by atoms with van der Waals surface area (Å²) >= 11 is 0. The molecule has 1 fully saturated rings. The fourth-order valence-corrected chi connectivity index (χ4v) is 3.23. The van der Waals surface area contributed by atoms with E-state index in [1.807, 2.05) is 49.4 Å². The van der Waals surface area contributed by atoms with Crippen molar-refractivity contribution < 1.29 is 14.3 Å². The minimum absolute atomic E-state index is 0.0204. The predicted molar refractivity (Wildman–Crippen MR) is 106 cm³/mol. The van der Waals surface area contributed by atoms with Gasteiger partial charge in [0.05, 0.1) is 12.5 Å². The van der Waals surface area contributed by atoms with E-state index in [1.165, 1.54) is 0 Å². The first-order chi connectivity index (χ1) is 13.1. The molecule has 5 heteroatoms. The van der Waals surface area contributed by atoms with Crippen LogP contribution in [0, 0.1) is 12.8 Å². The lowest BCUT2D eigenvalue weighted by Crippen LogP contribution is -2.32. The summed E-state index contributed by atoms with van der Waals surface area (Å²) in [6, 6.07) is 15.5. The normalized spacial score (nSPS) is 16.4. The third-order valence-corrected chi connectivity index (χ3v) is 4.67. The van der Waals surface area contributed by atoms with Crippen LogP contribution in [0.2, 0.25) is 0 Å². The molecular weight excluding hydrogens is 340 g/mol. The molecule has 27 heavy (non-hydrogen) atoms. The molecule has 0 aliphatic carbocycles. The summed E-state index contributed by atoms with van der Waals surface area (Å²) in [6.45, 7) is 5.65. The standard InChI is InChI=1S/C22H26N2O3/c1-3-11-27-20-9-7-19(8-10-20)24-15-18(13-21(24)25)22(26)23-14-17-6-4-5-16(2)12-17/h4-10,12,18H,3,11,13-15H2,1-2H3,(H,23,26)/t18-/m0/s1. The maximum absolute atomic E-state index is 12.5. The summed E-state index contributed by atoms with van der Waals surface area (Å²) in [5.74, 6) is 0.376. The smallest absolute Gasteiger partial charge is 0.227 e. The minimum atomic E-state index is -0.321. The average molecular weight is 366 g/mol. The highest BCUT2D eigenvalue weighted by Crippen LogP contribution is 2.27. The van der Waals surface area contributed by atoms with E-state index in [9.17, 15) is 9.59 Å². The zero-order chi connectivity index (χ0) is 19.2. The number of ether oxygens (including phenoxy) is 1. The molecule has 1 saturated heterocycles. The zero-order valence-electron chi connectivity index (χ0n) is 15.9. The summed E-state index contributed by atoms with van der Waals surface area (Å²) in [5, 5.41) is 2.96. The van der Waals surface area contributed by atoms with Crippen LogP contribution >= 0.6 is 0 Å². The van der Waals surface area contributed by atoms with E-state index in [2.05, 4.69) is 18.3 Å². The molecule has 1 N–H and O–H groups in total. The number of benzene rings is 2. The van der Waals surface area contributed by atoms with Gasteiger partial charge in [-0.15, -0.1) is 0 Å². The Labute approximate surface area is 160 Å². The molecule has 1 heterocycles. The number of anilines is 1. The molecular formula is C22H26N2O3. The molecule has 0 aromatic heterocycles. The molecule has 0 saturated carbocycles. The Kier molecular flexibility index (Phi) is 6.12. The quantitative estimate of drug-likeness (QED) is 0.816. The lowest BCUT2D eigenvalue weighted by molar-refractivity contribution is -0.126. The molecule has 0 spiro atoms. The van der Waals surface area contributed by atoms with Gasteiger partial charge in [-0.25, -0.2) is 0 Å². The number of hydrogen-bond acceptors (Lipinski definition) is 3. The summed E-state index contributed by atoms with van der Waals surface area (Å²) in [7, 11) is 0. The second kappa shape index (κ2) is 8.71. The van der Waals surface area contributed by atoms with Crippen molar-refractivity contribution in [2.24, 2.45) is 5.92 Å². The Morgan fingerprint density at radius 3 is 2.70 bits per heavy atom. The lowest BCUT2D eigenvalue weighted by Gasteiger charge is -2.17. The van der Waals surface area contributed by atoms with E-state index < -0.39 is 0 Å². The molecule has 1 aliphatic heterocycles. The topological polar surface area (TPSA) is 58.6 Å². The van der Waals surface area contributed by atoms with Crippen LogP contribution in [0.3, 0.4) is 0 Å². The van der Waals surface area contributed by atoms with Crippen molar-refractivity contribution in [2.45, 2.75) is 33.2 Å². The van der Waals surface area contributed by atoms with Gasteiger partial charge in [0, 0.05) is 25.2 Å². The fourth-order valence-electron chi connectivity index (χ4n) is 3.23. The minimum Gasteiger partial charge on any atom is -0.494 e. The first kappa shape index (κ1) is 19.0. The van der Waals surface area contributed by atoms with Crippen molar-refractivity contribution in [1.82, 2.24) is 5.32 Å². The summed E-state index contributed by atoms with van der Waals surface area (Å²) in [4.78, 5) is 26.5. The van der Waals surface area contributed by atoms with Crippen LogP contribution in [-0.4, -0.2) is 25.0 Å². The lowest BCUT2D eigenvalue weighted by atomic mass is 10.1. The van der Waals surface area contributed by atoms with Gasteiger partial charge in [-0.1, -0.05) is 36.8 Å². The molecule has 0 unspecified atom stereocenters. The molecule has 2 aromatic carbocycles. The van der Waals surface area contributed by atoms with Crippen LogP contribution < -0.4 is 15.0 Å². The van der Waals surface area contributed by atoms with Crippen LogP contribution in [-0.2, 0) is 16.1 Å². The van der Waals surface area contributed by atoms with Crippen LogP contribution in [0.25, 0.3) is 0 Å². The average Bonchev–Trinajstić information content (AvgIpc) is 3.07. The van der Waals surface area contributed by atoms with Crippen molar-refractivity contribution in [3.63, 3.8) is 0 Å². The molecule has 1 atom stereocenters. The van der Waals surface area contributed by atoms with Crippen LogP contribution in [0.15, 0.2) is 48.5 Å². The Balaban J connectivity index is 1.57. The van der Waals surface area contributed by atoms with Gasteiger partial charge in [0.2, 0.25) is 11.8 Å². The van der Waals surface area contributed by atoms with Gasteiger partial charge in [-0.05, 0) is 43.2 Å². The van der Waals surface area contributed by atoms with Gasteiger partial charge in [0.15, 0.2) is 0 Å². The maximum Gasteiger partial charge on any atom is 0.227 e. The van der Waals surface area contributed by atoms with Gasteiger partial charge in [-0.3, -0.25) is 9.59 Å². The monoisotopic (exact) mass is 366 g/mol. The third kappa shape index (κ3) is 4.88. The third-order valence-electron chi connectivity index (χ3n) is 4.67. The van der Waals surface area contributed by atoms with Crippen LogP contribution in [0.1, 0.15) is 30.9 Å². The van der Waals surface area contributed by atoms with Crippen LogP contribution in [0.4, 0.5) is 5.69 Å². The highest BCUT2D eigenvalue weighted by molar-refractivity contribution is 6.00. The van der Waals surface area contributed by atoms with Gasteiger partial charge in [0.1, 0.15) is 5.75 Å². The second-order valence-corrected chi connectivity index (χ2v) is 6.95. The van der Waals surface area contributed by atoms with E-state index in [0.29, 0.717) is 19.7 Å². The van der Waals surface area contributed by atoms with Crippen LogP contribution in [0.5, 0.6) is 5.75 Å². The van der Waals surface area contributed by atoms with Gasteiger partial charge in [0.25, 0.3) is 0 Å². The number of amides is 2. The molecule has 5 nitrogen and oxygen atoms in total. The number of aryl methyl sites for hydroxylation is 1. The van der Waals surface area contributed by atoms with E-state index in [-0.39, 0.29) is 24.2 Å². The van der Waals surface area contributed by atoms with E-state index in [1.54, 1.807) is 4.90 Å². The van der Waals surface area contributed by atoms with E-state index in [0.717, 1.165) is 29.0 Å². The number of carbonyl (C=O) groups is 2. The van der Waals surface area contributed by atoms with Gasteiger partial charge in [-0.2, -0.15) is 0 Å². The molecule has 3 rings (SSSR count). The summed E-state index contributed by atoms with van der Waals surface area (Å²) in [6.07, 6.45) is 1.19. The second-order valence-electron chi connectivity index (χ2n) is 6.95. The van der Waals surface area contributed by atoms with Crippen molar-refractivity contribution in [2.75, 3.05) is 18.1 Å². The molecule has 1 aliphatic rings. The maximum atomic E-state index is 12.5. The van der Waals surface area contributed by atoms with Crippen molar-refractivity contribution in [3.05, 3.63) is 59.7 Å². The Morgan fingerprint density at radius 2 is 2.00 bits per heavy atom. The fraction of sp³-hybridized carbons (Fsp3) is 0.364. The number of carbonyl (C=O) groups excluding carboxylic acids is 2. The highest BCUT2D eigenvalue weighted by Gasteiger charge is 2.34. The molecule has 0 radical (unpaired) electrons. The molecule has 142 valence electrons. The zero-order valence-corrected chi connectivity index (χ0v) is 15.9. The van der Waals surface area contributed by atoms with Crippen molar-refractivity contribution in [3.8, 4) is 5.75 Å². The van der Waals surface area contributed by atoms with E-state index >= 15 is 0 Å². The predicted octanol–water partition coefficient (Wildman–Crippen LogP) is 3.45. The summed E-state index contributed by atoms with van der Waals surface area (Å²) < 4.78 is 5.57. The number of nitrogens with one attached hydrogen (secondary N) is 1. The Morgan fingerprint density at radius 1 is 1.22 bits per heavy atom. The Bertz CT molecular complexity index is 801. The number of nitrogens with zero attached hydrogens (tertiary/aromatic N) is 1. The molecule has 2 aromatic rings.